The summed E-state index contributed by atoms with van der Waals surface area (Å²) in [6.07, 6.45) is 1.21. The predicted octanol–water partition coefficient (Wildman–Crippen LogP) is 2.85. The first-order valence-electron chi connectivity index (χ1n) is 7.00. The summed E-state index contributed by atoms with van der Waals surface area (Å²) in [5, 5.41) is 11.7. The summed E-state index contributed by atoms with van der Waals surface area (Å²) in [7, 11) is 0. The van der Waals surface area contributed by atoms with E-state index in [0.29, 0.717) is 25.2 Å². The molecule has 3 rings (SSSR count). The van der Waals surface area contributed by atoms with Gasteiger partial charge in [0.05, 0.1) is 11.3 Å². The molecule has 22 heavy (non-hydrogen) atoms. The third-order valence-electron chi connectivity index (χ3n) is 3.59. The minimum atomic E-state index is -0.952. The molecule has 0 aromatic heterocycles. The third kappa shape index (κ3) is 2.93. The Labute approximate surface area is 127 Å². The second kappa shape index (κ2) is 5.89. The average molecular weight is 297 g/mol. The van der Waals surface area contributed by atoms with Gasteiger partial charge in [0.1, 0.15) is 12.4 Å². The molecule has 5 nitrogen and oxygen atoms in total. The van der Waals surface area contributed by atoms with Gasteiger partial charge in [0, 0.05) is 6.42 Å². The molecule has 0 bridgehead atoms. The number of anilines is 1. The molecule has 0 unspecified atom stereocenters. The van der Waals surface area contributed by atoms with Crippen LogP contribution in [0.5, 0.6) is 5.75 Å². The highest BCUT2D eigenvalue weighted by molar-refractivity contribution is 5.95. The maximum atomic E-state index is 11.5. The lowest BCUT2D eigenvalue weighted by Gasteiger charge is -2.20. The number of amides is 1. The van der Waals surface area contributed by atoms with Gasteiger partial charge in [0.2, 0.25) is 5.91 Å². The van der Waals surface area contributed by atoms with E-state index in [-0.39, 0.29) is 11.5 Å². The number of fused-ring (bicyclic) bond motifs is 1. The summed E-state index contributed by atoms with van der Waals surface area (Å²) in [6.45, 7) is 0.312. The summed E-state index contributed by atoms with van der Waals surface area (Å²) in [5.74, 6) is -0.325. The van der Waals surface area contributed by atoms with E-state index >= 15 is 0 Å². The van der Waals surface area contributed by atoms with Crippen molar-refractivity contribution in [1.82, 2.24) is 0 Å². The van der Waals surface area contributed by atoms with Crippen LogP contribution in [0.25, 0.3) is 0 Å². The molecule has 0 saturated carbocycles. The zero-order chi connectivity index (χ0) is 15.5. The molecule has 0 aliphatic carbocycles. The number of aryl methyl sites for hydroxylation is 1. The number of hydrogen-bond acceptors (Lipinski definition) is 3. The number of benzene rings is 2. The zero-order valence-electron chi connectivity index (χ0n) is 11.8. The van der Waals surface area contributed by atoms with Gasteiger partial charge in [-0.1, -0.05) is 24.3 Å². The lowest BCUT2D eigenvalue weighted by Crippen LogP contribution is -2.19. The van der Waals surface area contributed by atoms with E-state index in [4.69, 9.17) is 9.84 Å². The molecule has 0 atom stereocenters. The predicted molar refractivity (Wildman–Crippen MR) is 81.1 cm³/mol. The van der Waals surface area contributed by atoms with E-state index in [2.05, 4.69) is 5.32 Å². The number of nitrogens with one attached hydrogen (secondary N) is 1. The highest BCUT2D eigenvalue weighted by Gasteiger charge is 2.18. The Morgan fingerprint density at radius 1 is 1.14 bits per heavy atom. The first-order valence-corrected chi connectivity index (χ1v) is 7.00. The van der Waals surface area contributed by atoms with Crippen LogP contribution in [-0.4, -0.2) is 17.0 Å². The van der Waals surface area contributed by atoms with Crippen LogP contribution in [0.1, 0.15) is 27.9 Å². The Hall–Kier alpha value is -2.82. The van der Waals surface area contributed by atoms with Crippen LogP contribution in [0, 0.1) is 0 Å². The molecule has 5 heteroatoms. The molecule has 0 fully saturated rings. The molecule has 0 saturated heterocycles. The lowest BCUT2D eigenvalue weighted by molar-refractivity contribution is -0.116. The average Bonchev–Trinajstić information content (AvgIpc) is 2.53. The first kappa shape index (κ1) is 14.1. The molecule has 1 amide bonds. The molecule has 1 heterocycles. The van der Waals surface area contributed by atoms with Crippen LogP contribution in [0.4, 0.5) is 5.69 Å². The van der Waals surface area contributed by atoms with Crippen molar-refractivity contribution < 1.29 is 19.4 Å². The number of para-hydroxylation sites is 1. The molecular formula is C17H15NO4. The summed E-state index contributed by atoms with van der Waals surface area (Å²) in [5.41, 5.74) is 2.91. The molecule has 2 aromatic carbocycles. The van der Waals surface area contributed by atoms with Crippen molar-refractivity contribution >= 4 is 17.6 Å². The number of carbonyl (C=O) groups is 2. The van der Waals surface area contributed by atoms with Crippen LogP contribution >= 0.6 is 0 Å². The molecule has 112 valence electrons. The monoisotopic (exact) mass is 297 g/mol. The van der Waals surface area contributed by atoms with Crippen LogP contribution in [0.3, 0.4) is 0 Å². The number of aromatic carboxylic acids is 1. The number of carbonyl (C=O) groups excluding carboxylic acids is 1. The van der Waals surface area contributed by atoms with Crippen molar-refractivity contribution in [2.45, 2.75) is 19.4 Å². The van der Waals surface area contributed by atoms with E-state index < -0.39 is 5.97 Å². The van der Waals surface area contributed by atoms with Crippen LogP contribution < -0.4 is 10.1 Å². The molecule has 1 aliphatic heterocycles. The fourth-order valence-corrected chi connectivity index (χ4v) is 2.40. The topological polar surface area (TPSA) is 75.6 Å². The van der Waals surface area contributed by atoms with Gasteiger partial charge >= 0.3 is 5.97 Å². The Kier molecular flexibility index (Phi) is 3.78. The summed E-state index contributed by atoms with van der Waals surface area (Å²) in [4.78, 5) is 22.3. The lowest BCUT2D eigenvalue weighted by atomic mass is 10.0. The molecule has 0 spiro atoms. The standard InChI is InChI=1S/C17H15NO4/c19-15-9-8-12-2-1-3-14(16(12)18-15)22-10-11-4-6-13(7-5-11)17(20)21/h1-7H,8-10H2,(H,18,19)(H,20,21). The second-order valence-corrected chi connectivity index (χ2v) is 5.13. The van der Waals surface area contributed by atoms with Gasteiger partial charge in [-0.15, -0.1) is 0 Å². The van der Waals surface area contributed by atoms with Gasteiger partial charge in [-0.3, -0.25) is 4.79 Å². The Morgan fingerprint density at radius 2 is 1.91 bits per heavy atom. The van der Waals surface area contributed by atoms with Crippen molar-refractivity contribution in [2.75, 3.05) is 5.32 Å². The van der Waals surface area contributed by atoms with E-state index in [0.717, 1.165) is 16.8 Å². The van der Waals surface area contributed by atoms with Gasteiger partial charge in [-0.2, -0.15) is 0 Å². The van der Waals surface area contributed by atoms with Crippen molar-refractivity contribution in [2.24, 2.45) is 0 Å². The van der Waals surface area contributed by atoms with Gasteiger partial charge in [-0.05, 0) is 35.7 Å². The van der Waals surface area contributed by atoms with Crippen LogP contribution in [0.2, 0.25) is 0 Å². The molecule has 0 radical (unpaired) electrons. The largest absolute Gasteiger partial charge is 0.487 e. The normalized spacial score (nSPS) is 13.2. The van der Waals surface area contributed by atoms with Gasteiger partial charge in [0.15, 0.2) is 0 Å². The molecular weight excluding hydrogens is 282 g/mol. The first-order chi connectivity index (χ1) is 10.6. The number of hydrogen-bond donors (Lipinski definition) is 2. The minimum absolute atomic E-state index is 0.00522. The smallest absolute Gasteiger partial charge is 0.335 e. The van der Waals surface area contributed by atoms with Crippen LogP contribution in [-0.2, 0) is 17.8 Å². The number of carboxylic acid groups (broad SMARTS) is 1. The molecule has 2 aromatic rings. The van der Waals surface area contributed by atoms with Crippen LogP contribution in [0.15, 0.2) is 42.5 Å². The zero-order valence-corrected chi connectivity index (χ0v) is 11.8. The number of rotatable bonds is 4. The SMILES string of the molecule is O=C1CCc2cccc(OCc3ccc(C(=O)O)cc3)c2N1. The Balaban J connectivity index is 1.74. The fourth-order valence-electron chi connectivity index (χ4n) is 2.40. The Morgan fingerprint density at radius 3 is 2.64 bits per heavy atom. The van der Waals surface area contributed by atoms with Crippen molar-refractivity contribution in [3.63, 3.8) is 0 Å². The number of carboxylic acids is 1. The summed E-state index contributed by atoms with van der Waals surface area (Å²) < 4.78 is 5.78. The summed E-state index contributed by atoms with van der Waals surface area (Å²) in [6, 6.07) is 12.2. The Bertz CT molecular complexity index is 722. The molecule has 1 aliphatic rings. The van der Waals surface area contributed by atoms with E-state index in [1.54, 1.807) is 24.3 Å². The van der Waals surface area contributed by atoms with Crippen molar-refractivity contribution in [3.8, 4) is 5.75 Å². The van der Waals surface area contributed by atoms with Gasteiger partial charge in [0.25, 0.3) is 0 Å². The highest BCUT2D eigenvalue weighted by atomic mass is 16.5. The van der Waals surface area contributed by atoms with Gasteiger partial charge < -0.3 is 15.2 Å². The quantitative estimate of drug-likeness (QED) is 0.910. The highest BCUT2D eigenvalue weighted by Crippen LogP contribution is 2.32. The minimum Gasteiger partial charge on any atom is -0.487 e. The maximum absolute atomic E-state index is 11.5. The van der Waals surface area contributed by atoms with E-state index in [1.807, 2.05) is 18.2 Å². The second-order valence-electron chi connectivity index (χ2n) is 5.13. The van der Waals surface area contributed by atoms with Crippen molar-refractivity contribution in [3.05, 3.63) is 59.2 Å². The fraction of sp³-hybridized carbons (Fsp3) is 0.176. The third-order valence-corrected chi connectivity index (χ3v) is 3.59. The molecule has 2 N–H and O–H groups in total. The van der Waals surface area contributed by atoms with E-state index in [9.17, 15) is 9.59 Å². The maximum Gasteiger partial charge on any atom is 0.335 e. The van der Waals surface area contributed by atoms with Crippen molar-refractivity contribution in [1.29, 1.82) is 0 Å². The van der Waals surface area contributed by atoms with E-state index in [1.165, 1.54) is 0 Å². The summed E-state index contributed by atoms with van der Waals surface area (Å²) >= 11 is 0. The number of ether oxygens (including phenoxy) is 1. The van der Waals surface area contributed by atoms with Gasteiger partial charge in [-0.25, -0.2) is 4.79 Å².